The second-order valence-electron chi connectivity index (χ2n) is 7.40. The van der Waals surface area contributed by atoms with Gasteiger partial charge in [-0.05, 0) is 55.0 Å². The highest BCUT2D eigenvalue weighted by Gasteiger charge is 2.22. The van der Waals surface area contributed by atoms with Gasteiger partial charge in [-0.15, -0.1) is 0 Å². The van der Waals surface area contributed by atoms with E-state index in [1.54, 1.807) is 11.1 Å². The Hall–Kier alpha value is -2.77. The smallest absolute Gasteiger partial charge is 0.260 e. The minimum atomic E-state index is -0.132. The Morgan fingerprint density at radius 3 is 2.81 bits per heavy atom. The zero-order valence-corrected chi connectivity index (χ0v) is 20.2. The standard InChI is InChI=1S/C25H24BrN3O2S/c1-2-3-6-14-31-21-10-7-8-18(15-21)24(30)29(17-20-9-4-5-13-27-20)25-28-22-12-11-19(26)16-23(22)32-25/h4-5,7-13,15-16H,2-3,6,14,17H2,1H3. The SMILES string of the molecule is CCCCCOc1cccc(C(=O)N(Cc2ccccn2)c2nc3ccc(Br)cc3s2)c1. The molecule has 0 unspecified atom stereocenters. The van der Waals surface area contributed by atoms with Crippen molar-refractivity contribution in [2.24, 2.45) is 0 Å². The third-order valence-corrected chi connectivity index (χ3v) is 6.49. The number of fused-ring (bicyclic) bond motifs is 1. The normalized spacial score (nSPS) is 10.9. The number of carbonyl (C=O) groups excluding carboxylic acids is 1. The number of aromatic nitrogens is 2. The summed E-state index contributed by atoms with van der Waals surface area (Å²) in [6.45, 7) is 3.15. The van der Waals surface area contributed by atoms with Gasteiger partial charge in [0.15, 0.2) is 5.13 Å². The lowest BCUT2D eigenvalue weighted by Gasteiger charge is -2.20. The number of ether oxygens (including phenoxy) is 1. The van der Waals surface area contributed by atoms with Crippen molar-refractivity contribution in [1.29, 1.82) is 0 Å². The van der Waals surface area contributed by atoms with Crippen LogP contribution in [0, 0.1) is 0 Å². The van der Waals surface area contributed by atoms with E-state index in [0.717, 1.165) is 39.6 Å². The number of anilines is 1. The summed E-state index contributed by atoms with van der Waals surface area (Å²) in [5.74, 6) is 0.575. The summed E-state index contributed by atoms with van der Waals surface area (Å²) in [5.41, 5.74) is 2.22. The molecule has 164 valence electrons. The van der Waals surface area contributed by atoms with Gasteiger partial charge in [0.2, 0.25) is 0 Å². The predicted octanol–water partition coefficient (Wildman–Crippen LogP) is 6.87. The predicted molar refractivity (Wildman–Crippen MR) is 134 cm³/mol. The molecule has 0 aliphatic carbocycles. The number of pyridine rings is 1. The first kappa shape index (κ1) is 22.4. The van der Waals surface area contributed by atoms with Crippen LogP contribution in [0.25, 0.3) is 10.2 Å². The molecule has 4 aromatic rings. The average molecular weight is 510 g/mol. The van der Waals surface area contributed by atoms with Crippen LogP contribution >= 0.6 is 27.3 Å². The summed E-state index contributed by atoms with van der Waals surface area (Å²) in [5, 5.41) is 0.642. The maximum absolute atomic E-state index is 13.6. The molecule has 0 saturated heterocycles. The van der Waals surface area contributed by atoms with Crippen LogP contribution < -0.4 is 9.64 Å². The quantitative estimate of drug-likeness (QED) is 0.231. The third kappa shape index (κ3) is 5.53. The number of hydrogen-bond donors (Lipinski definition) is 0. The minimum Gasteiger partial charge on any atom is -0.494 e. The zero-order chi connectivity index (χ0) is 22.3. The third-order valence-electron chi connectivity index (χ3n) is 4.96. The number of thiazole rings is 1. The van der Waals surface area contributed by atoms with E-state index in [-0.39, 0.29) is 5.91 Å². The van der Waals surface area contributed by atoms with E-state index >= 15 is 0 Å². The average Bonchev–Trinajstić information content (AvgIpc) is 3.23. The van der Waals surface area contributed by atoms with Crippen molar-refractivity contribution in [2.75, 3.05) is 11.5 Å². The van der Waals surface area contributed by atoms with Crippen LogP contribution in [-0.4, -0.2) is 22.5 Å². The molecule has 5 nitrogen and oxygen atoms in total. The number of rotatable bonds is 9. The van der Waals surface area contributed by atoms with Gasteiger partial charge in [0, 0.05) is 16.2 Å². The fraction of sp³-hybridized carbons (Fsp3) is 0.240. The van der Waals surface area contributed by atoms with E-state index in [1.165, 1.54) is 11.3 Å². The number of halogens is 1. The minimum absolute atomic E-state index is 0.132. The Morgan fingerprint density at radius 2 is 2.00 bits per heavy atom. The van der Waals surface area contributed by atoms with Crippen molar-refractivity contribution in [2.45, 2.75) is 32.7 Å². The van der Waals surface area contributed by atoms with E-state index in [4.69, 9.17) is 9.72 Å². The Morgan fingerprint density at radius 1 is 1.09 bits per heavy atom. The van der Waals surface area contributed by atoms with Crippen molar-refractivity contribution >= 4 is 48.5 Å². The van der Waals surface area contributed by atoms with E-state index in [0.29, 0.717) is 29.6 Å². The second kappa shape index (κ2) is 10.7. The summed E-state index contributed by atoms with van der Waals surface area (Å²) in [6, 6.07) is 19.0. The molecule has 7 heteroatoms. The van der Waals surface area contributed by atoms with Crippen LogP contribution in [0.5, 0.6) is 5.75 Å². The summed E-state index contributed by atoms with van der Waals surface area (Å²) in [6.07, 6.45) is 5.01. The van der Waals surface area contributed by atoms with Gasteiger partial charge in [0.1, 0.15) is 5.75 Å². The molecule has 0 N–H and O–H groups in total. The molecule has 0 atom stereocenters. The summed E-state index contributed by atoms with van der Waals surface area (Å²) < 4.78 is 7.86. The first-order chi connectivity index (χ1) is 15.6. The Bertz CT molecular complexity index is 1200. The molecular weight excluding hydrogens is 486 g/mol. The number of nitrogens with zero attached hydrogens (tertiary/aromatic N) is 3. The lowest BCUT2D eigenvalue weighted by atomic mass is 10.2. The molecule has 0 spiro atoms. The number of hydrogen-bond acceptors (Lipinski definition) is 5. The summed E-state index contributed by atoms with van der Waals surface area (Å²) >= 11 is 5.00. The lowest BCUT2D eigenvalue weighted by Crippen LogP contribution is -2.30. The topological polar surface area (TPSA) is 55.3 Å². The fourth-order valence-corrected chi connectivity index (χ4v) is 4.81. The van der Waals surface area contributed by atoms with Gasteiger partial charge in [-0.25, -0.2) is 4.98 Å². The van der Waals surface area contributed by atoms with Gasteiger partial charge in [-0.3, -0.25) is 14.7 Å². The van der Waals surface area contributed by atoms with Crippen LogP contribution in [0.3, 0.4) is 0 Å². The van der Waals surface area contributed by atoms with Crippen LogP contribution in [0.1, 0.15) is 42.2 Å². The molecule has 2 heterocycles. The van der Waals surface area contributed by atoms with Crippen LogP contribution in [0.15, 0.2) is 71.3 Å². The first-order valence-corrected chi connectivity index (χ1v) is 12.3. The molecule has 0 radical (unpaired) electrons. The van der Waals surface area contributed by atoms with Crippen molar-refractivity contribution in [3.05, 3.63) is 82.6 Å². The first-order valence-electron chi connectivity index (χ1n) is 10.6. The van der Waals surface area contributed by atoms with Gasteiger partial charge in [-0.2, -0.15) is 0 Å². The lowest BCUT2D eigenvalue weighted by molar-refractivity contribution is 0.0984. The maximum Gasteiger partial charge on any atom is 0.260 e. The van der Waals surface area contributed by atoms with Crippen molar-refractivity contribution < 1.29 is 9.53 Å². The zero-order valence-electron chi connectivity index (χ0n) is 17.8. The molecule has 4 rings (SSSR count). The number of unbranched alkanes of at least 4 members (excludes halogenated alkanes) is 2. The van der Waals surface area contributed by atoms with E-state index in [1.807, 2.05) is 60.7 Å². The van der Waals surface area contributed by atoms with Crippen molar-refractivity contribution in [3.8, 4) is 5.75 Å². The maximum atomic E-state index is 13.6. The fourth-order valence-electron chi connectivity index (χ4n) is 3.30. The highest BCUT2D eigenvalue weighted by atomic mass is 79.9. The van der Waals surface area contributed by atoms with Gasteiger partial charge >= 0.3 is 0 Å². The van der Waals surface area contributed by atoms with Crippen LogP contribution in [0.2, 0.25) is 0 Å². The van der Waals surface area contributed by atoms with Gasteiger partial charge in [0.05, 0.1) is 29.1 Å². The van der Waals surface area contributed by atoms with Gasteiger partial charge in [0.25, 0.3) is 5.91 Å². The molecule has 1 amide bonds. The molecule has 0 aliphatic rings. The molecule has 0 bridgehead atoms. The Kier molecular flexibility index (Phi) is 7.50. The van der Waals surface area contributed by atoms with Gasteiger partial charge in [-0.1, -0.05) is 59.2 Å². The van der Waals surface area contributed by atoms with E-state index < -0.39 is 0 Å². The Labute approximate surface area is 200 Å². The molecule has 0 aliphatic heterocycles. The number of amides is 1. The number of benzene rings is 2. The van der Waals surface area contributed by atoms with Crippen molar-refractivity contribution in [3.63, 3.8) is 0 Å². The van der Waals surface area contributed by atoms with Crippen LogP contribution in [0.4, 0.5) is 5.13 Å². The monoisotopic (exact) mass is 509 g/mol. The number of carbonyl (C=O) groups is 1. The molecule has 2 aromatic carbocycles. The molecule has 2 aromatic heterocycles. The molecule has 0 saturated carbocycles. The highest BCUT2D eigenvalue weighted by Crippen LogP contribution is 2.32. The van der Waals surface area contributed by atoms with Crippen molar-refractivity contribution in [1.82, 2.24) is 9.97 Å². The largest absolute Gasteiger partial charge is 0.494 e. The van der Waals surface area contributed by atoms with Gasteiger partial charge < -0.3 is 4.74 Å². The Balaban J connectivity index is 1.64. The van der Waals surface area contributed by atoms with E-state index in [2.05, 4.69) is 27.8 Å². The highest BCUT2D eigenvalue weighted by molar-refractivity contribution is 9.10. The molecule has 32 heavy (non-hydrogen) atoms. The van der Waals surface area contributed by atoms with E-state index in [9.17, 15) is 4.79 Å². The van der Waals surface area contributed by atoms with Crippen LogP contribution in [-0.2, 0) is 6.54 Å². The summed E-state index contributed by atoms with van der Waals surface area (Å²) in [4.78, 5) is 24.5. The second-order valence-corrected chi connectivity index (χ2v) is 9.33. The summed E-state index contributed by atoms with van der Waals surface area (Å²) in [7, 11) is 0. The molecule has 0 fully saturated rings. The molecular formula is C25H24BrN3O2S.